The molecule has 0 unspecified atom stereocenters. The van der Waals surface area contributed by atoms with E-state index in [1.807, 2.05) is 12.1 Å². The Labute approximate surface area is 262 Å². The van der Waals surface area contributed by atoms with E-state index in [2.05, 4.69) is 4.98 Å². The first-order valence-corrected chi connectivity index (χ1v) is 17.6. The number of rotatable bonds is 13. The van der Waals surface area contributed by atoms with E-state index in [9.17, 15) is 18.9 Å². The summed E-state index contributed by atoms with van der Waals surface area (Å²) in [5, 5.41) is -0.0992. The smallest absolute Gasteiger partial charge is 0.396 e. The molecular formula is C30H31N2O7PS3. The van der Waals surface area contributed by atoms with Crippen LogP contribution in [0.5, 0.6) is 0 Å². The second kappa shape index (κ2) is 14.7. The summed E-state index contributed by atoms with van der Waals surface area (Å²) >= 11 is 3.11. The van der Waals surface area contributed by atoms with E-state index in [1.54, 1.807) is 69.3 Å². The summed E-state index contributed by atoms with van der Waals surface area (Å²) in [6.07, 6.45) is 0. The standard InChI is InChI=1S/C30H31N2O7PS3/c1-30(2,3)26(33)25-24(32-29(31)43-25)22-14-15-23(39-22)40(36,37-16-18-41-27(34)20-10-6-4-7-11-20)38-17-19-42-28(35)21-12-8-5-9-13-21/h4-15H,16-19H2,1-3H3,(H2,31,32). The minimum atomic E-state index is -4.06. The van der Waals surface area contributed by atoms with Gasteiger partial charge in [-0.3, -0.25) is 18.9 Å². The van der Waals surface area contributed by atoms with Gasteiger partial charge in [-0.2, -0.15) is 0 Å². The van der Waals surface area contributed by atoms with Gasteiger partial charge >= 0.3 is 7.60 Å². The van der Waals surface area contributed by atoms with Gasteiger partial charge in [0.1, 0.15) is 10.6 Å². The summed E-state index contributed by atoms with van der Waals surface area (Å²) in [4.78, 5) is 42.6. The Morgan fingerprint density at radius 1 is 0.860 bits per heavy atom. The predicted octanol–water partition coefficient (Wildman–Crippen LogP) is 7.21. The van der Waals surface area contributed by atoms with Crippen LogP contribution in [0.4, 0.5) is 5.13 Å². The maximum atomic E-state index is 14.0. The number of nitrogen functional groups attached to an aromatic ring is 1. The third kappa shape index (κ3) is 8.78. The highest BCUT2D eigenvalue weighted by Crippen LogP contribution is 2.48. The number of thiazole rings is 1. The van der Waals surface area contributed by atoms with E-state index in [1.165, 1.54) is 12.1 Å². The fourth-order valence-corrected chi connectivity index (χ4v) is 7.67. The van der Waals surface area contributed by atoms with E-state index in [4.69, 9.17) is 19.2 Å². The highest BCUT2D eigenvalue weighted by atomic mass is 32.2. The normalized spacial score (nSPS) is 11.9. The van der Waals surface area contributed by atoms with Gasteiger partial charge in [-0.15, -0.1) is 0 Å². The summed E-state index contributed by atoms with van der Waals surface area (Å²) in [5.74, 6) is 0.446. The van der Waals surface area contributed by atoms with E-state index in [0.29, 0.717) is 16.0 Å². The Morgan fingerprint density at radius 2 is 1.37 bits per heavy atom. The number of furan rings is 1. The van der Waals surface area contributed by atoms with Gasteiger partial charge < -0.3 is 19.2 Å². The molecule has 2 aromatic heterocycles. The maximum Gasteiger partial charge on any atom is 0.396 e. The molecular weight excluding hydrogens is 628 g/mol. The number of ketones is 1. The molecule has 226 valence electrons. The minimum absolute atomic E-state index is 0.0793. The van der Waals surface area contributed by atoms with E-state index >= 15 is 0 Å². The van der Waals surface area contributed by atoms with Gasteiger partial charge in [-0.1, -0.05) is 116 Å². The van der Waals surface area contributed by atoms with Crippen molar-refractivity contribution in [3.63, 3.8) is 0 Å². The van der Waals surface area contributed by atoms with Gasteiger partial charge in [0, 0.05) is 28.0 Å². The van der Waals surface area contributed by atoms with Crippen LogP contribution in [0.25, 0.3) is 11.5 Å². The number of Topliss-reactive ketones (excluding diaryl/α,β-unsaturated/α-hetero) is 1. The number of thioether (sulfide) groups is 2. The van der Waals surface area contributed by atoms with Crippen molar-refractivity contribution in [2.75, 3.05) is 30.5 Å². The third-order valence-electron chi connectivity index (χ3n) is 5.80. The van der Waals surface area contributed by atoms with Gasteiger partial charge in [0.15, 0.2) is 16.7 Å². The summed E-state index contributed by atoms with van der Waals surface area (Å²) < 4.78 is 31.4. The van der Waals surface area contributed by atoms with Crippen LogP contribution < -0.4 is 11.2 Å². The number of nitrogens with zero attached hydrogens (tertiary/aromatic N) is 1. The number of hydrogen-bond acceptors (Lipinski definition) is 12. The van der Waals surface area contributed by atoms with Crippen LogP contribution in [0.1, 0.15) is 51.2 Å². The molecule has 2 aromatic carbocycles. The van der Waals surface area contributed by atoms with Crippen LogP contribution in [0, 0.1) is 5.41 Å². The number of carbonyl (C=O) groups is 3. The van der Waals surface area contributed by atoms with Crippen LogP contribution in [0.15, 0.2) is 77.2 Å². The third-order valence-corrected chi connectivity index (χ3v) is 10.2. The first-order chi connectivity index (χ1) is 20.5. The molecule has 0 saturated heterocycles. The molecule has 0 spiro atoms. The molecule has 0 radical (unpaired) electrons. The molecule has 0 aliphatic carbocycles. The zero-order valence-electron chi connectivity index (χ0n) is 23.8. The topological polar surface area (TPSA) is 139 Å². The molecule has 2 heterocycles. The van der Waals surface area contributed by atoms with Crippen LogP contribution in [-0.4, -0.2) is 45.7 Å². The van der Waals surface area contributed by atoms with Crippen molar-refractivity contribution in [2.45, 2.75) is 20.8 Å². The Kier molecular flexibility index (Phi) is 11.2. The average Bonchev–Trinajstić information content (AvgIpc) is 3.65. The molecule has 0 aliphatic rings. The summed E-state index contributed by atoms with van der Waals surface area (Å²) in [6.45, 7) is 5.22. The predicted molar refractivity (Wildman–Crippen MR) is 174 cm³/mol. The number of hydrogen-bond donors (Lipinski definition) is 1. The molecule has 4 rings (SSSR count). The van der Waals surface area contributed by atoms with Crippen molar-refractivity contribution >= 4 is 69.1 Å². The van der Waals surface area contributed by atoms with E-state index in [-0.39, 0.29) is 62.8 Å². The molecule has 0 bridgehead atoms. The summed E-state index contributed by atoms with van der Waals surface area (Å²) in [7, 11) is -4.06. The quantitative estimate of drug-likeness (QED) is 0.0885. The first kappa shape index (κ1) is 32.9. The van der Waals surface area contributed by atoms with Gasteiger partial charge in [-0.25, -0.2) is 4.98 Å². The van der Waals surface area contributed by atoms with Gasteiger partial charge in [0.05, 0.1) is 13.2 Å². The summed E-state index contributed by atoms with van der Waals surface area (Å²) in [6, 6.07) is 20.6. The van der Waals surface area contributed by atoms with Crippen molar-refractivity contribution in [3.05, 3.63) is 88.8 Å². The molecule has 0 fully saturated rings. The highest BCUT2D eigenvalue weighted by Gasteiger charge is 2.34. The maximum absolute atomic E-state index is 14.0. The van der Waals surface area contributed by atoms with E-state index in [0.717, 1.165) is 34.9 Å². The van der Waals surface area contributed by atoms with Crippen molar-refractivity contribution in [2.24, 2.45) is 5.41 Å². The lowest BCUT2D eigenvalue weighted by molar-refractivity contribution is 0.0862. The fraction of sp³-hybridized carbons (Fsp3) is 0.267. The van der Waals surface area contributed by atoms with Gasteiger partial charge in [0.2, 0.25) is 15.7 Å². The zero-order valence-corrected chi connectivity index (χ0v) is 27.2. The lowest BCUT2D eigenvalue weighted by Gasteiger charge is -2.16. The van der Waals surface area contributed by atoms with Crippen molar-refractivity contribution in [1.82, 2.24) is 4.98 Å². The molecule has 0 saturated carbocycles. The Bertz CT molecular complexity index is 1550. The minimum Gasteiger partial charge on any atom is -0.446 e. The van der Waals surface area contributed by atoms with Crippen molar-refractivity contribution in [1.29, 1.82) is 0 Å². The molecule has 9 nitrogen and oxygen atoms in total. The van der Waals surface area contributed by atoms with Crippen LogP contribution in [0.3, 0.4) is 0 Å². The molecule has 13 heteroatoms. The monoisotopic (exact) mass is 658 g/mol. The SMILES string of the molecule is CC(C)(C)C(=O)c1sc(N)nc1-c1ccc(P(=O)(OCCSC(=O)c2ccccc2)OCCSC(=O)c2ccccc2)o1. The Hall–Kier alpha value is -2.99. The molecule has 2 N–H and O–H groups in total. The first-order valence-electron chi connectivity index (χ1n) is 13.2. The van der Waals surface area contributed by atoms with Crippen molar-refractivity contribution < 1.29 is 32.4 Å². The average molecular weight is 659 g/mol. The fourth-order valence-electron chi connectivity index (χ4n) is 3.66. The molecule has 0 aliphatic heterocycles. The summed E-state index contributed by atoms with van der Waals surface area (Å²) in [5.41, 5.74) is 6.49. The van der Waals surface area contributed by atoms with Gasteiger partial charge in [0.25, 0.3) is 0 Å². The zero-order chi connectivity index (χ0) is 31.0. The second-order valence-corrected chi connectivity index (χ2v) is 15.2. The number of carbonyl (C=O) groups excluding carboxylic acids is 3. The van der Waals surface area contributed by atoms with Crippen LogP contribution in [-0.2, 0) is 13.6 Å². The Morgan fingerprint density at radius 3 is 1.86 bits per heavy atom. The second-order valence-electron chi connectivity index (χ2n) is 10.1. The number of nitrogens with two attached hydrogens (primary N) is 1. The molecule has 0 atom stereocenters. The van der Waals surface area contributed by atoms with Crippen LogP contribution in [0.2, 0.25) is 0 Å². The molecule has 4 aromatic rings. The van der Waals surface area contributed by atoms with Gasteiger partial charge in [-0.05, 0) is 12.1 Å². The number of benzene rings is 2. The molecule has 43 heavy (non-hydrogen) atoms. The van der Waals surface area contributed by atoms with Crippen molar-refractivity contribution in [3.8, 4) is 11.5 Å². The number of anilines is 1. The molecule has 0 amide bonds. The lowest BCUT2D eigenvalue weighted by atomic mass is 9.89. The number of aromatic nitrogens is 1. The Balaban J connectivity index is 1.49. The van der Waals surface area contributed by atoms with Crippen LogP contribution >= 0.6 is 42.5 Å². The highest BCUT2D eigenvalue weighted by molar-refractivity contribution is 8.14. The largest absolute Gasteiger partial charge is 0.446 e. The lowest BCUT2D eigenvalue weighted by Crippen LogP contribution is -2.19. The van der Waals surface area contributed by atoms with E-state index < -0.39 is 13.0 Å².